The van der Waals surface area contributed by atoms with Crippen LogP contribution in [0.25, 0.3) is 0 Å². The quantitative estimate of drug-likeness (QED) is 0.607. The fraction of sp³-hybridized carbons (Fsp3) is 1.00. The zero-order chi connectivity index (χ0) is 13.1. The van der Waals surface area contributed by atoms with Gasteiger partial charge in [-0.05, 0) is 12.8 Å². The molecule has 0 aromatic rings. The van der Waals surface area contributed by atoms with Crippen molar-refractivity contribution in [2.45, 2.75) is 25.0 Å². The summed E-state index contributed by atoms with van der Waals surface area (Å²) >= 11 is 0. The highest BCUT2D eigenvalue weighted by atomic mass is 32.2. The summed E-state index contributed by atoms with van der Waals surface area (Å²) in [4.78, 5) is 0. The van der Waals surface area contributed by atoms with Crippen LogP contribution in [0.3, 0.4) is 0 Å². The van der Waals surface area contributed by atoms with Gasteiger partial charge in [0.15, 0.2) is 0 Å². The first kappa shape index (κ1) is 14.8. The van der Waals surface area contributed by atoms with Crippen LogP contribution in [0.5, 0.6) is 0 Å². The number of rotatable bonds is 6. The van der Waals surface area contributed by atoms with E-state index in [1.807, 2.05) is 0 Å². The van der Waals surface area contributed by atoms with Crippen LogP contribution < -0.4 is 0 Å². The number of ether oxygens (including phenoxy) is 1. The van der Waals surface area contributed by atoms with Crippen molar-refractivity contribution >= 4 is 20.2 Å². The number of hydrogen-bond donors (Lipinski definition) is 0. The minimum atomic E-state index is -3.47. The summed E-state index contributed by atoms with van der Waals surface area (Å²) in [5.74, 6) is 0. The summed E-state index contributed by atoms with van der Waals surface area (Å²) in [5.41, 5.74) is 0. The average molecular weight is 288 g/mol. The number of hydrogen-bond acceptors (Lipinski definition) is 7. The summed E-state index contributed by atoms with van der Waals surface area (Å²) in [6.07, 6.45) is 2.50. The lowest BCUT2D eigenvalue weighted by Crippen LogP contribution is -2.22. The van der Waals surface area contributed by atoms with Crippen LogP contribution in [-0.4, -0.2) is 54.8 Å². The van der Waals surface area contributed by atoms with Crippen molar-refractivity contribution in [3.05, 3.63) is 0 Å². The molecule has 1 aliphatic heterocycles. The molecular formula is C8H16O7S2. The molecule has 102 valence electrons. The van der Waals surface area contributed by atoms with Crippen LogP contribution in [-0.2, 0) is 33.3 Å². The second-order valence-electron chi connectivity index (χ2n) is 3.93. The molecular weight excluding hydrogens is 272 g/mol. The van der Waals surface area contributed by atoms with E-state index in [0.717, 1.165) is 12.5 Å². The maximum Gasteiger partial charge on any atom is 0.264 e. The van der Waals surface area contributed by atoms with E-state index in [4.69, 9.17) is 4.74 Å². The Morgan fingerprint density at radius 1 is 0.941 bits per heavy atom. The van der Waals surface area contributed by atoms with E-state index >= 15 is 0 Å². The van der Waals surface area contributed by atoms with E-state index in [0.29, 0.717) is 12.8 Å². The molecule has 0 saturated carbocycles. The molecule has 9 heteroatoms. The molecule has 2 atom stereocenters. The van der Waals surface area contributed by atoms with Gasteiger partial charge in [0.2, 0.25) is 0 Å². The lowest BCUT2D eigenvalue weighted by Gasteiger charge is -2.12. The monoisotopic (exact) mass is 288 g/mol. The zero-order valence-corrected chi connectivity index (χ0v) is 11.3. The highest BCUT2D eigenvalue weighted by Gasteiger charge is 2.27. The first-order valence-electron chi connectivity index (χ1n) is 5.00. The van der Waals surface area contributed by atoms with Gasteiger partial charge in [-0.1, -0.05) is 0 Å². The highest BCUT2D eigenvalue weighted by molar-refractivity contribution is 7.86. The SMILES string of the molecule is CS(=O)(=O)OC[C@@H]1CC[C@@H](COS(C)(=O)=O)O1. The van der Waals surface area contributed by atoms with Gasteiger partial charge in [-0.2, -0.15) is 16.8 Å². The molecule has 0 unspecified atom stereocenters. The Hall–Kier alpha value is -0.220. The lowest BCUT2D eigenvalue weighted by molar-refractivity contribution is 0.000123. The normalized spacial score (nSPS) is 26.2. The summed E-state index contributed by atoms with van der Waals surface area (Å²) in [6, 6.07) is 0. The zero-order valence-electron chi connectivity index (χ0n) is 9.66. The Bertz CT molecular complexity index is 396. The van der Waals surface area contributed by atoms with Crippen molar-refractivity contribution in [2.75, 3.05) is 25.7 Å². The Labute approximate surface area is 101 Å². The predicted octanol–water partition coefficient (Wildman–Crippen LogP) is -0.514. The minimum absolute atomic E-state index is 0.0474. The standard InChI is InChI=1S/C8H16O7S2/c1-16(9,10)13-5-7-3-4-8(15-7)6-14-17(2,11)12/h7-8H,3-6H2,1-2H3/t7-,8-/m0/s1. The molecule has 0 amide bonds. The summed E-state index contributed by atoms with van der Waals surface area (Å²) in [7, 11) is -6.94. The summed E-state index contributed by atoms with van der Waals surface area (Å²) in [5, 5.41) is 0. The largest absolute Gasteiger partial charge is 0.370 e. The van der Waals surface area contributed by atoms with Gasteiger partial charge in [0.05, 0.1) is 37.9 Å². The molecule has 0 aromatic carbocycles. The average Bonchev–Trinajstić information content (AvgIpc) is 2.57. The third-order valence-electron chi connectivity index (χ3n) is 2.13. The van der Waals surface area contributed by atoms with Gasteiger partial charge in [0.1, 0.15) is 0 Å². The topological polar surface area (TPSA) is 96.0 Å². The van der Waals surface area contributed by atoms with Gasteiger partial charge in [-0.15, -0.1) is 0 Å². The molecule has 17 heavy (non-hydrogen) atoms. The van der Waals surface area contributed by atoms with Gasteiger partial charge in [0, 0.05) is 0 Å². The van der Waals surface area contributed by atoms with Crippen LogP contribution in [0, 0.1) is 0 Å². The maximum absolute atomic E-state index is 10.7. The first-order chi connectivity index (χ1) is 7.66. The van der Waals surface area contributed by atoms with E-state index in [1.165, 1.54) is 0 Å². The molecule has 0 bridgehead atoms. The van der Waals surface area contributed by atoms with Gasteiger partial charge < -0.3 is 4.74 Å². The molecule has 1 heterocycles. The Morgan fingerprint density at radius 3 is 1.59 bits per heavy atom. The molecule has 0 aromatic heterocycles. The van der Waals surface area contributed by atoms with Crippen molar-refractivity contribution in [3.63, 3.8) is 0 Å². The molecule has 7 nitrogen and oxygen atoms in total. The molecule has 1 fully saturated rings. The van der Waals surface area contributed by atoms with E-state index in [9.17, 15) is 16.8 Å². The second kappa shape index (κ2) is 5.61. The van der Waals surface area contributed by atoms with Gasteiger partial charge in [0.25, 0.3) is 20.2 Å². The van der Waals surface area contributed by atoms with E-state index in [1.54, 1.807) is 0 Å². The van der Waals surface area contributed by atoms with E-state index < -0.39 is 20.2 Å². The van der Waals surface area contributed by atoms with Crippen LogP contribution >= 0.6 is 0 Å². The summed E-state index contributed by atoms with van der Waals surface area (Å²) < 4.78 is 57.5. The second-order valence-corrected chi connectivity index (χ2v) is 7.22. The summed E-state index contributed by atoms with van der Waals surface area (Å²) in [6.45, 7) is -0.0948. The Balaban J connectivity index is 2.28. The van der Waals surface area contributed by atoms with Crippen LogP contribution in [0.2, 0.25) is 0 Å². The first-order valence-corrected chi connectivity index (χ1v) is 8.63. The van der Waals surface area contributed by atoms with Gasteiger partial charge >= 0.3 is 0 Å². The highest BCUT2D eigenvalue weighted by Crippen LogP contribution is 2.20. The van der Waals surface area contributed by atoms with Crippen LogP contribution in [0.4, 0.5) is 0 Å². The third-order valence-corrected chi connectivity index (χ3v) is 3.26. The Kier molecular flexibility index (Phi) is 4.90. The lowest BCUT2D eigenvalue weighted by atomic mass is 10.2. The molecule has 1 rings (SSSR count). The van der Waals surface area contributed by atoms with Crippen molar-refractivity contribution in [1.29, 1.82) is 0 Å². The molecule has 0 N–H and O–H groups in total. The molecule has 0 radical (unpaired) electrons. The molecule has 1 aliphatic rings. The molecule has 0 spiro atoms. The maximum atomic E-state index is 10.7. The van der Waals surface area contributed by atoms with Crippen molar-refractivity contribution < 1.29 is 29.9 Å². The Morgan fingerprint density at radius 2 is 1.29 bits per heavy atom. The van der Waals surface area contributed by atoms with Crippen molar-refractivity contribution in [2.24, 2.45) is 0 Å². The third kappa shape index (κ3) is 6.94. The fourth-order valence-electron chi connectivity index (χ4n) is 1.42. The van der Waals surface area contributed by atoms with Crippen molar-refractivity contribution in [3.8, 4) is 0 Å². The van der Waals surface area contributed by atoms with Gasteiger partial charge in [-0.3, -0.25) is 8.37 Å². The van der Waals surface area contributed by atoms with Gasteiger partial charge in [-0.25, -0.2) is 0 Å². The smallest absolute Gasteiger partial charge is 0.264 e. The van der Waals surface area contributed by atoms with E-state index in [-0.39, 0.29) is 25.4 Å². The van der Waals surface area contributed by atoms with Crippen LogP contribution in [0.1, 0.15) is 12.8 Å². The molecule has 0 aliphatic carbocycles. The fourth-order valence-corrected chi connectivity index (χ4v) is 2.22. The predicted molar refractivity (Wildman–Crippen MR) is 59.5 cm³/mol. The molecule has 1 saturated heterocycles. The van der Waals surface area contributed by atoms with Crippen molar-refractivity contribution in [1.82, 2.24) is 0 Å². The van der Waals surface area contributed by atoms with E-state index in [2.05, 4.69) is 8.37 Å². The minimum Gasteiger partial charge on any atom is -0.370 e. The van der Waals surface area contributed by atoms with Crippen LogP contribution in [0.15, 0.2) is 0 Å².